The first-order valence-electron chi connectivity index (χ1n) is 11.4. The number of imidazole rings is 1. The average molecular weight is 441 g/mol. The van der Waals surface area contributed by atoms with Crippen LogP contribution in [-0.4, -0.2) is 78.1 Å². The lowest BCUT2D eigenvalue weighted by atomic mass is 9.75. The van der Waals surface area contributed by atoms with Crippen molar-refractivity contribution < 1.29 is 19.1 Å². The van der Waals surface area contributed by atoms with Crippen molar-refractivity contribution >= 4 is 11.8 Å². The van der Waals surface area contributed by atoms with Crippen molar-refractivity contribution in [1.82, 2.24) is 19.8 Å². The lowest BCUT2D eigenvalue weighted by Gasteiger charge is -2.42. The van der Waals surface area contributed by atoms with Crippen LogP contribution in [-0.2, 0) is 4.74 Å². The molecule has 1 N–H and O–H groups in total. The number of likely N-dealkylation sites (N-methyl/N-ethyl adjacent to an activating group) is 1. The van der Waals surface area contributed by atoms with Crippen LogP contribution in [0.4, 0.5) is 0 Å². The quantitative estimate of drug-likeness (QED) is 0.737. The van der Waals surface area contributed by atoms with Gasteiger partial charge in [0.05, 0.1) is 31.3 Å². The van der Waals surface area contributed by atoms with Crippen molar-refractivity contribution in [3.63, 3.8) is 0 Å². The van der Waals surface area contributed by atoms with E-state index in [-0.39, 0.29) is 17.2 Å². The number of carbonyl (C=O) groups excluding carboxylic acids is 2. The molecular weight excluding hydrogens is 408 g/mol. The van der Waals surface area contributed by atoms with Crippen LogP contribution in [0.2, 0.25) is 0 Å². The molecule has 4 rings (SSSR count). The number of H-pyrrole nitrogens is 1. The van der Waals surface area contributed by atoms with Gasteiger partial charge in [-0.3, -0.25) is 9.59 Å². The summed E-state index contributed by atoms with van der Waals surface area (Å²) >= 11 is 0. The van der Waals surface area contributed by atoms with Crippen molar-refractivity contribution in [1.29, 1.82) is 0 Å². The Morgan fingerprint density at radius 1 is 1.09 bits per heavy atom. The van der Waals surface area contributed by atoms with Crippen LogP contribution >= 0.6 is 0 Å². The van der Waals surface area contributed by atoms with Crippen molar-refractivity contribution in [3.05, 3.63) is 48.0 Å². The Morgan fingerprint density at radius 2 is 1.91 bits per heavy atom. The van der Waals surface area contributed by atoms with Crippen LogP contribution in [0.3, 0.4) is 0 Å². The molecule has 0 radical (unpaired) electrons. The predicted octanol–water partition coefficient (Wildman–Crippen LogP) is 2.98. The molecule has 8 heteroatoms. The zero-order chi connectivity index (χ0) is 22.4. The van der Waals surface area contributed by atoms with Gasteiger partial charge in [-0.25, -0.2) is 4.98 Å². The smallest absolute Gasteiger partial charge is 0.271 e. The summed E-state index contributed by atoms with van der Waals surface area (Å²) in [6.07, 6.45) is 7.87. The summed E-state index contributed by atoms with van der Waals surface area (Å²) in [7, 11) is 1.79. The molecule has 2 aromatic rings. The fraction of sp³-hybridized carbons (Fsp3) is 0.542. The number of rotatable bonds is 1. The van der Waals surface area contributed by atoms with Crippen LogP contribution in [0, 0.1) is 5.41 Å². The topological polar surface area (TPSA) is 87.8 Å². The van der Waals surface area contributed by atoms with Crippen molar-refractivity contribution in [3.8, 4) is 5.75 Å². The molecule has 0 saturated carbocycles. The zero-order valence-electron chi connectivity index (χ0n) is 18.7. The Hall–Kier alpha value is -2.87. The number of amides is 2. The van der Waals surface area contributed by atoms with Crippen molar-refractivity contribution in [2.75, 3.05) is 46.5 Å². The van der Waals surface area contributed by atoms with Gasteiger partial charge >= 0.3 is 0 Å². The fourth-order valence-electron chi connectivity index (χ4n) is 4.51. The van der Waals surface area contributed by atoms with Gasteiger partial charge in [-0.15, -0.1) is 0 Å². The monoisotopic (exact) mass is 440 g/mol. The summed E-state index contributed by atoms with van der Waals surface area (Å²) in [4.78, 5) is 36.1. The van der Waals surface area contributed by atoms with Gasteiger partial charge in [0, 0.05) is 38.7 Å². The number of para-hydroxylation sites is 1. The van der Waals surface area contributed by atoms with Crippen LogP contribution in [0.15, 0.2) is 36.8 Å². The summed E-state index contributed by atoms with van der Waals surface area (Å²) < 4.78 is 12.1. The first kappa shape index (κ1) is 22.3. The molecule has 2 aliphatic rings. The van der Waals surface area contributed by atoms with E-state index in [0.29, 0.717) is 56.5 Å². The van der Waals surface area contributed by atoms with E-state index < -0.39 is 0 Å². The van der Waals surface area contributed by atoms with E-state index in [1.54, 1.807) is 18.1 Å². The molecule has 32 heavy (non-hydrogen) atoms. The average Bonchev–Trinajstić information content (AvgIpc) is 3.36. The van der Waals surface area contributed by atoms with Crippen molar-refractivity contribution in [2.24, 2.45) is 5.41 Å². The first-order chi connectivity index (χ1) is 15.6. The van der Waals surface area contributed by atoms with Gasteiger partial charge in [0.1, 0.15) is 11.4 Å². The Morgan fingerprint density at radius 3 is 2.69 bits per heavy atom. The number of aromatic nitrogens is 2. The number of nitrogens with one attached hydrogen (secondary N) is 1. The maximum Gasteiger partial charge on any atom is 0.271 e. The molecule has 3 heterocycles. The molecule has 2 aliphatic heterocycles. The van der Waals surface area contributed by atoms with E-state index in [9.17, 15) is 9.59 Å². The van der Waals surface area contributed by atoms with Gasteiger partial charge in [0.15, 0.2) is 0 Å². The number of fused-ring (bicyclic) bond motifs is 1. The van der Waals surface area contributed by atoms with E-state index in [1.807, 2.05) is 29.2 Å². The van der Waals surface area contributed by atoms with E-state index in [1.165, 1.54) is 6.33 Å². The minimum Gasteiger partial charge on any atom is -0.492 e. The molecule has 1 aromatic heterocycles. The third kappa shape index (κ3) is 5.12. The first-order valence-corrected chi connectivity index (χ1v) is 11.4. The summed E-state index contributed by atoms with van der Waals surface area (Å²) in [5.41, 5.74) is 1.07. The number of nitrogens with zero attached hydrogens (tertiary/aromatic N) is 3. The SMILES string of the molecule is CN1CCOCCCCC2(CCN(C(=O)c3cnc[nH]3)CC2)COc2ccccc2C1=O. The molecule has 0 atom stereocenters. The van der Waals surface area contributed by atoms with Gasteiger partial charge in [-0.1, -0.05) is 18.6 Å². The third-order valence-electron chi connectivity index (χ3n) is 6.65. The van der Waals surface area contributed by atoms with Crippen LogP contribution in [0.1, 0.15) is 53.0 Å². The molecule has 8 nitrogen and oxygen atoms in total. The predicted molar refractivity (Wildman–Crippen MR) is 120 cm³/mol. The lowest BCUT2D eigenvalue weighted by molar-refractivity contribution is 0.0326. The molecule has 0 unspecified atom stereocenters. The van der Waals surface area contributed by atoms with Gasteiger partial charge < -0.3 is 24.3 Å². The van der Waals surface area contributed by atoms with Gasteiger partial charge in [0.25, 0.3) is 11.8 Å². The number of hydrogen-bond donors (Lipinski definition) is 1. The molecule has 2 amide bonds. The Kier molecular flexibility index (Phi) is 7.09. The van der Waals surface area contributed by atoms with E-state index >= 15 is 0 Å². The number of piperidine rings is 1. The molecule has 1 fully saturated rings. The summed E-state index contributed by atoms with van der Waals surface area (Å²) in [6, 6.07) is 7.45. The Labute approximate surface area is 188 Å². The number of benzene rings is 1. The number of aromatic amines is 1. The summed E-state index contributed by atoms with van der Waals surface area (Å²) in [5, 5.41) is 0. The minimum atomic E-state index is -0.0599. The van der Waals surface area contributed by atoms with Crippen molar-refractivity contribution in [2.45, 2.75) is 32.1 Å². The third-order valence-corrected chi connectivity index (χ3v) is 6.65. The highest BCUT2D eigenvalue weighted by Crippen LogP contribution is 2.38. The number of likely N-dealkylation sites (tertiary alicyclic amines) is 1. The van der Waals surface area contributed by atoms with Gasteiger partial charge in [0.2, 0.25) is 0 Å². The number of carbonyl (C=O) groups is 2. The summed E-state index contributed by atoms with van der Waals surface area (Å²) in [5.74, 6) is 0.555. The molecule has 1 aromatic carbocycles. The standard InChI is InChI=1S/C24H32N4O4/c1-27-13-15-31-14-5-4-8-24(17-32-21-7-3-2-6-19(21)22(27)29)9-11-28(12-10-24)23(30)20-16-25-18-26-20/h2-3,6-7,16,18H,4-5,8-15,17H2,1H3,(H,25,26). The maximum atomic E-state index is 12.9. The lowest BCUT2D eigenvalue weighted by Crippen LogP contribution is -2.45. The second-order valence-electron chi connectivity index (χ2n) is 8.84. The zero-order valence-corrected chi connectivity index (χ0v) is 18.7. The summed E-state index contributed by atoms with van der Waals surface area (Å²) in [6.45, 7) is 3.67. The highest BCUT2D eigenvalue weighted by atomic mass is 16.5. The molecule has 172 valence electrons. The van der Waals surface area contributed by atoms with Gasteiger partial charge in [-0.05, 0) is 37.8 Å². The van der Waals surface area contributed by atoms with Crippen LogP contribution in [0.25, 0.3) is 0 Å². The molecule has 0 aliphatic carbocycles. The largest absolute Gasteiger partial charge is 0.492 e. The van der Waals surface area contributed by atoms with Crippen LogP contribution in [0.5, 0.6) is 5.75 Å². The second-order valence-corrected chi connectivity index (χ2v) is 8.84. The van der Waals surface area contributed by atoms with E-state index in [4.69, 9.17) is 9.47 Å². The normalized spacial score (nSPS) is 20.3. The van der Waals surface area contributed by atoms with E-state index in [0.717, 1.165) is 32.1 Å². The molecule has 1 saturated heterocycles. The molecule has 1 spiro atoms. The van der Waals surface area contributed by atoms with E-state index in [2.05, 4.69) is 9.97 Å². The molecular formula is C24H32N4O4. The Balaban J connectivity index is 1.49. The van der Waals surface area contributed by atoms with Crippen LogP contribution < -0.4 is 4.74 Å². The Bertz CT molecular complexity index is 906. The maximum absolute atomic E-state index is 12.9. The fourth-order valence-corrected chi connectivity index (χ4v) is 4.51. The van der Waals surface area contributed by atoms with Gasteiger partial charge in [-0.2, -0.15) is 0 Å². The number of ether oxygens (including phenoxy) is 2. The second kappa shape index (κ2) is 10.2. The number of hydrogen-bond acceptors (Lipinski definition) is 5. The highest BCUT2D eigenvalue weighted by molar-refractivity contribution is 5.96. The minimum absolute atomic E-state index is 0.00783. The molecule has 0 bridgehead atoms. The highest BCUT2D eigenvalue weighted by Gasteiger charge is 2.37.